The smallest absolute Gasteiger partial charge is 0.317 e. The molecule has 144 valence electrons. The summed E-state index contributed by atoms with van der Waals surface area (Å²) in [5.41, 5.74) is 2.37. The molecule has 1 aliphatic rings. The van der Waals surface area contributed by atoms with Gasteiger partial charge in [-0.2, -0.15) is 5.10 Å². The molecule has 2 aromatic rings. The van der Waals surface area contributed by atoms with Crippen molar-refractivity contribution in [2.75, 3.05) is 13.6 Å². The zero-order valence-corrected chi connectivity index (χ0v) is 15.7. The van der Waals surface area contributed by atoms with Gasteiger partial charge in [-0.1, -0.05) is 0 Å². The number of nitrogens with zero attached hydrogens (tertiary/aromatic N) is 3. The number of aromatic nitrogens is 2. The molecular formula is C19H24FN5O2. The molecule has 3 amide bonds. The number of aromatic amines is 1. The Morgan fingerprint density at radius 2 is 2.11 bits per heavy atom. The predicted octanol–water partition coefficient (Wildman–Crippen LogP) is 2.37. The summed E-state index contributed by atoms with van der Waals surface area (Å²) in [4.78, 5) is 27.8. The van der Waals surface area contributed by atoms with Crippen LogP contribution in [0.15, 0.2) is 30.5 Å². The number of H-pyrrole nitrogens is 1. The molecule has 27 heavy (non-hydrogen) atoms. The second kappa shape index (κ2) is 7.77. The summed E-state index contributed by atoms with van der Waals surface area (Å²) >= 11 is 0. The van der Waals surface area contributed by atoms with Gasteiger partial charge in [0.05, 0.1) is 24.5 Å². The quantitative estimate of drug-likeness (QED) is 0.844. The first-order valence-electron chi connectivity index (χ1n) is 8.94. The molecule has 0 aliphatic carbocycles. The molecule has 1 aromatic heterocycles. The highest BCUT2D eigenvalue weighted by atomic mass is 19.1. The van der Waals surface area contributed by atoms with E-state index in [1.54, 1.807) is 35.2 Å². The maximum Gasteiger partial charge on any atom is 0.317 e. The van der Waals surface area contributed by atoms with Crippen molar-refractivity contribution in [3.8, 4) is 11.3 Å². The number of nitrogens with one attached hydrogen (secondary N) is 2. The monoisotopic (exact) mass is 373 g/mol. The van der Waals surface area contributed by atoms with E-state index < -0.39 is 0 Å². The molecule has 1 aromatic carbocycles. The lowest BCUT2D eigenvalue weighted by Crippen LogP contribution is -2.44. The van der Waals surface area contributed by atoms with Gasteiger partial charge in [0.2, 0.25) is 5.91 Å². The second-order valence-corrected chi connectivity index (χ2v) is 7.12. The first-order chi connectivity index (χ1) is 12.8. The van der Waals surface area contributed by atoms with Crippen LogP contribution >= 0.6 is 0 Å². The number of rotatable bonds is 5. The Balaban J connectivity index is 1.62. The van der Waals surface area contributed by atoms with E-state index in [0.29, 0.717) is 19.5 Å². The van der Waals surface area contributed by atoms with Crippen LogP contribution in [0, 0.1) is 5.82 Å². The zero-order chi connectivity index (χ0) is 19.6. The topological polar surface area (TPSA) is 81.3 Å². The van der Waals surface area contributed by atoms with Crippen molar-refractivity contribution >= 4 is 11.9 Å². The third-order valence-corrected chi connectivity index (χ3v) is 4.71. The van der Waals surface area contributed by atoms with E-state index in [1.165, 1.54) is 12.1 Å². The molecule has 1 atom stereocenters. The van der Waals surface area contributed by atoms with Crippen LogP contribution in [0.1, 0.15) is 25.8 Å². The number of urea groups is 1. The van der Waals surface area contributed by atoms with Gasteiger partial charge < -0.3 is 15.1 Å². The Hall–Kier alpha value is -2.90. The van der Waals surface area contributed by atoms with Crippen LogP contribution in [0.2, 0.25) is 0 Å². The van der Waals surface area contributed by atoms with Crippen molar-refractivity contribution in [3.05, 3.63) is 41.8 Å². The summed E-state index contributed by atoms with van der Waals surface area (Å²) in [5.74, 6) is -0.246. The Morgan fingerprint density at radius 3 is 2.74 bits per heavy atom. The Morgan fingerprint density at radius 1 is 1.41 bits per heavy atom. The van der Waals surface area contributed by atoms with E-state index in [0.717, 1.165) is 16.8 Å². The number of hydrogen-bond acceptors (Lipinski definition) is 3. The lowest BCUT2D eigenvalue weighted by molar-refractivity contribution is -0.129. The Labute approximate surface area is 157 Å². The van der Waals surface area contributed by atoms with E-state index in [-0.39, 0.29) is 29.8 Å². The highest BCUT2D eigenvalue weighted by Gasteiger charge is 2.32. The fourth-order valence-corrected chi connectivity index (χ4v) is 3.24. The maximum absolute atomic E-state index is 13.1. The number of hydrogen-bond donors (Lipinski definition) is 2. The molecule has 1 aliphatic heterocycles. The molecule has 0 spiro atoms. The first kappa shape index (κ1) is 18.9. The summed E-state index contributed by atoms with van der Waals surface area (Å²) in [5, 5.41) is 9.87. The van der Waals surface area contributed by atoms with Crippen LogP contribution in [0.4, 0.5) is 9.18 Å². The Kier molecular flexibility index (Phi) is 5.43. The number of carbonyl (C=O) groups excluding carboxylic acids is 2. The fourth-order valence-electron chi connectivity index (χ4n) is 3.24. The average Bonchev–Trinajstić information content (AvgIpc) is 3.22. The van der Waals surface area contributed by atoms with Gasteiger partial charge in [0.1, 0.15) is 5.82 Å². The molecule has 1 fully saturated rings. The number of halogens is 1. The number of amides is 3. The highest BCUT2D eigenvalue weighted by Crippen LogP contribution is 2.22. The van der Waals surface area contributed by atoms with E-state index in [4.69, 9.17) is 0 Å². The molecule has 2 heterocycles. The van der Waals surface area contributed by atoms with Crippen molar-refractivity contribution < 1.29 is 14.0 Å². The third-order valence-electron chi connectivity index (χ3n) is 4.71. The van der Waals surface area contributed by atoms with Gasteiger partial charge in [-0.05, 0) is 38.1 Å². The van der Waals surface area contributed by atoms with Crippen molar-refractivity contribution in [2.24, 2.45) is 0 Å². The molecule has 0 radical (unpaired) electrons. The van der Waals surface area contributed by atoms with E-state index in [2.05, 4.69) is 15.5 Å². The SMILES string of the molecule is CC(C)N1CC(NC(=O)N(C)Cc2cn[nH]c2-c2ccc(F)cc2)CC1=O. The maximum atomic E-state index is 13.1. The minimum atomic E-state index is -0.308. The number of likely N-dealkylation sites (tertiary alicyclic amines) is 1. The van der Waals surface area contributed by atoms with E-state index in [1.807, 2.05) is 13.8 Å². The standard InChI is InChI=1S/C19H24FN5O2/c1-12(2)25-11-16(8-17(25)26)22-19(27)24(3)10-14-9-21-23-18(14)13-4-6-15(20)7-5-13/h4-7,9,12,16H,8,10-11H2,1-3H3,(H,21,23)(H,22,27). The highest BCUT2D eigenvalue weighted by molar-refractivity contribution is 5.82. The molecule has 2 N–H and O–H groups in total. The normalized spacial score (nSPS) is 16.9. The molecular weight excluding hydrogens is 349 g/mol. The second-order valence-electron chi connectivity index (χ2n) is 7.12. The van der Waals surface area contributed by atoms with Crippen LogP contribution < -0.4 is 5.32 Å². The zero-order valence-electron chi connectivity index (χ0n) is 15.7. The molecule has 7 nitrogen and oxygen atoms in total. The van der Waals surface area contributed by atoms with Gasteiger partial charge in [-0.15, -0.1) is 0 Å². The average molecular weight is 373 g/mol. The van der Waals surface area contributed by atoms with E-state index >= 15 is 0 Å². The fraction of sp³-hybridized carbons (Fsp3) is 0.421. The lowest BCUT2D eigenvalue weighted by Gasteiger charge is -2.23. The Bertz CT molecular complexity index is 818. The van der Waals surface area contributed by atoms with Crippen LogP contribution in [-0.2, 0) is 11.3 Å². The van der Waals surface area contributed by atoms with Gasteiger partial charge in [0.25, 0.3) is 0 Å². The van der Waals surface area contributed by atoms with Crippen molar-refractivity contribution in [1.82, 2.24) is 25.3 Å². The molecule has 0 bridgehead atoms. The molecule has 8 heteroatoms. The van der Waals surface area contributed by atoms with Crippen molar-refractivity contribution in [2.45, 2.75) is 38.9 Å². The van der Waals surface area contributed by atoms with Gasteiger partial charge in [0, 0.05) is 37.2 Å². The van der Waals surface area contributed by atoms with E-state index in [9.17, 15) is 14.0 Å². The van der Waals surface area contributed by atoms with Crippen LogP contribution in [0.5, 0.6) is 0 Å². The first-order valence-corrected chi connectivity index (χ1v) is 8.94. The summed E-state index contributed by atoms with van der Waals surface area (Å²) in [6.45, 7) is 4.79. The summed E-state index contributed by atoms with van der Waals surface area (Å²) in [7, 11) is 1.69. The summed E-state index contributed by atoms with van der Waals surface area (Å²) in [6, 6.07) is 5.79. The molecule has 1 unspecified atom stereocenters. The third kappa shape index (κ3) is 4.27. The summed E-state index contributed by atoms with van der Waals surface area (Å²) < 4.78 is 13.1. The van der Waals surface area contributed by atoms with Gasteiger partial charge in [-0.25, -0.2) is 9.18 Å². The largest absolute Gasteiger partial charge is 0.338 e. The van der Waals surface area contributed by atoms with Crippen LogP contribution in [0.3, 0.4) is 0 Å². The minimum absolute atomic E-state index is 0.0615. The predicted molar refractivity (Wildman–Crippen MR) is 99.2 cm³/mol. The van der Waals surface area contributed by atoms with Crippen LogP contribution in [-0.4, -0.2) is 57.6 Å². The number of carbonyl (C=O) groups is 2. The van der Waals surface area contributed by atoms with Gasteiger partial charge in [0.15, 0.2) is 0 Å². The minimum Gasteiger partial charge on any atom is -0.338 e. The molecule has 0 saturated carbocycles. The lowest BCUT2D eigenvalue weighted by atomic mass is 10.1. The summed E-state index contributed by atoms with van der Waals surface area (Å²) in [6.07, 6.45) is 1.98. The van der Waals surface area contributed by atoms with Crippen molar-refractivity contribution in [3.63, 3.8) is 0 Å². The molecule has 1 saturated heterocycles. The van der Waals surface area contributed by atoms with Gasteiger partial charge in [-0.3, -0.25) is 9.89 Å². The van der Waals surface area contributed by atoms with Crippen molar-refractivity contribution in [1.29, 1.82) is 0 Å². The van der Waals surface area contributed by atoms with Crippen LogP contribution in [0.25, 0.3) is 11.3 Å². The van der Waals surface area contributed by atoms with Gasteiger partial charge >= 0.3 is 6.03 Å². The number of benzene rings is 1. The molecule has 3 rings (SSSR count).